The molecule has 152 valence electrons. The van der Waals surface area contributed by atoms with Gasteiger partial charge in [0.25, 0.3) is 0 Å². The van der Waals surface area contributed by atoms with Gasteiger partial charge in [0.2, 0.25) is 5.91 Å². The van der Waals surface area contributed by atoms with E-state index in [1.54, 1.807) is 0 Å². The Hall–Kier alpha value is -1.30. The minimum Gasteiger partial charge on any atom is -0.494 e. The molecule has 0 saturated carbocycles. The quantitative estimate of drug-likeness (QED) is 0.709. The number of hydrogen-bond acceptors (Lipinski definition) is 4. The molecule has 3 rings (SSSR count). The Balaban J connectivity index is 0.00000261. The average molecular weight is 397 g/mol. The van der Waals surface area contributed by atoms with Crippen LogP contribution in [0, 0.1) is 5.92 Å². The van der Waals surface area contributed by atoms with Gasteiger partial charge in [-0.1, -0.05) is 12.1 Å². The number of benzene rings is 1. The number of halogens is 1. The van der Waals surface area contributed by atoms with E-state index < -0.39 is 0 Å². The molecule has 2 aliphatic rings. The summed E-state index contributed by atoms with van der Waals surface area (Å²) in [4.78, 5) is 12.4. The SMILES string of the molecule is CCOc1ccc(C2(CNC(=O)CCC3CCNC3)CCOCC2)cc1.Cl. The summed E-state index contributed by atoms with van der Waals surface area (Å²) in [6.07, 6.45) is 4.68. The van der Waals surface area contributed by atoms with Crippen LogP contribution in [0.3, 0.4) is 0 Å². The van der Waals surface area contributed by atoms with Crippen molar-refractivity contribution in [2.24, 2.45) is 5.92 Å². The third-order valence-electron chi connectivity index (χ3n) is 5.79. The fraction of sp³-hybridized carbons (Fsp3) is 0.667. The van der Waals surface area contributed by atoms with E-state index >= 15 is 0 Å². The van der Waals surface area contributed by atoms with Crippen molar-refractivity contribution in [1.82, 2.24) is 10.6 Å². The van der Waals surface area contributed by atoms with Gasteiger partial charge in [0.1, 0.15) is 5.75 Å². The molecule has 1 unspecified atom stereocenters. The Morgan fingerprint density at radius 1 is 1.30 bits per heavy atom. The molecule has 1 amide bonds. The molecule has 0 radical (unpaired) electrons. The van der Waals surface area contributed by atoms with Crippen LogP contribution in [-0.2, 0) is 14.9 Å². The van der Waals surface area contributed by atoms with Crippen LogP contribution in [0.2, 0.25) is 0 Å². The van der Waals surface area contributed by atoms with Crippen LogP contribution in [0.4, 0.5) is 0 Å². The lowest BCUT2D eigenvalue weighted by Crippen LogP contribution is -2.44. The molecule has 2 saturated heterocycles. The van der Waals surface area contributed by atoms with E-state index in [2.05, 4.69) is 22.8 Å². The maximum atomic E-state index is 12.4. The van der Waals surface area contributed by atoms with E-state index in [0.29, 0.717) is 25.5 Å². The monoisotopic (exact) mass is 396 g/mol. The number of nitrogens with one attached hydrogen (secondary N) is 2. The van der Waals surface area contributed by atoms with Crippen molar-refractivity contribution >= 4 is 18.3 Å². The first kappa shape index (κ1) is 22.0. The van der Waals surface area contributed by atoms with Crippen molar-refractivity contribution < 1.29 is 14.3 Å². The second kappa shape index (κ2) is 10.9. The van der Waals surface area contributed by atoms with Crippen molar-refractivity contribution in [2.45, 2.75) is 44.4 Å². The smallest absolute Gasteiger partial charge is 0.220 e. The Kier molecular flexibility index (Phi) is 8.87. The molecular weight excluding hydrogens is 364 g/mol. The van der Waals surface area contributed by atoms with Crippen molar-refractivity contribution in [3.05, 3.63) is 29.8 Å². The molecule has 2 fully saturated rings. The van der Waals surface area contributed by atoms with Gasteiger partial charge in [-0.05, 0) is 69.3 Å². The topological polar surface area (TPSA) is 59.6 Å². The van der Waals surface area contributed by atoms with Gasteiger partial charge in [-0.25, -0.2) is 0 Å². The molecule has 0 bridgehead atoms. The molecule has 1 aromatic carbocycles. The minimum absolute atomic E-state index is 0. The summed E-state index contributed by atoms with van der Waals surface area (Å²) in [5.74, 6) is 1.73. The Bertz CT molecular complexity index is 567. The van der Waals surface area contributed by atoms with Crippen molar-refractivity contribution in [1.29, 1.82) is 0 Å². The van der Waals surface area contributed by atoms with Crippen LogP contribution in [-0.4, -0.2) is 45.4 Å². The highest BCUT2D eigenvalue weighted by Gasteiger charge is 2.35. The van der Waals surface area contributed by atoms with Gasteiger partial charge in [0.15, 0.2) is 0 Å². The fourth-order valence-corrected chi connectivity index (χ4v) is 4.05. The lowest BCUT2D eigenvalue weighted by Gasteiger charge is -2.38. The molecule has 27 heavy (non-hydrogen) atoms. The van der Waals surface area contributed by atoms with Crippen LogP contribution in [0.15, 0.2) is 24.3 Å². The van der Waals surface area contributed by atoms with Gasteiger partial charge in [0.05, 0.1) is 6.61 Å². The van der Waals surface area contributed by atoms with Crippen LogP contribution >= 0.6 is 12.4 Å². The summed E-state index contributed by atoms with van der Waals surface area (Å²) in [7, 11) is 0. The zero-order valence-electron chi connectivity index (χ0n) is 16.3. The average Bonchev–Trinajstić information content (AvgIpc) is 3.20. The summed E-state index contributed by atoms with van der Waals surface area (Å²) in [6.45, 7) is 6.99. The first-order valence-electron chi connectivity index (χ1n) is 10.0. The second-order valence-electron chi connectivity index (χ2n) is 7.52. The molecule has 1 atom stereocenters. The molecular formula is C21H33ClN2O3. The van der Waals surface area contributed by atoms with Gasteiger partial charge >= 0.3 is 0 Å². The van der Waals surface area contributed by atoms with E-state index in [1.165, 1.54) is 12.0 Å². The Morgan fingerprint density at radius 3 is 2.67 bits per heavy atom. The van der Waals surface area contributed by atoms with E-state index in [1.807, 2.05) is 19.1 Å². The second-order valence-corrected chi connectivity index (χ2v) is 7.52. The molecule has 1 aromatic rings. The summed E-state index contributed by atoms with van der Waals surface area (Å²) >= 11 is 0. The first-order chi connectivity index (χ1) is 12.7. The molecule has 2 heterocycles. The van der Waals surface area contributed by atoms with Crippen LogP contribution in [0.25, 0.3) is 0 Å². The maximum absolute atomic E-state index is 12.4. The van der Waals surface area contributed by atoms with E-state index in [-0.39, 0.29) is 23.7 Å². The molecule has 0 aromatic heterocycles. The first-order valence-corrected chi connectivity index (χ1v) is 10.0. The van der Waals surface area contributed by atoms with Crippen molar-refractivity contribution in [3.8, 4) is 5.75 Å². The molecule has 2 aliphatic heterocycles. The van der Waals surface area contributed by atoms with Crippen molar-refractivity contribution in [2.75, 3.05) is 39.5 Å². The Labute approximate surface area is 169 Å². The van der Waals surface area contributed by atoms with Gasteiger partial charge in [0, 0.05) is 31.6 Å². The van der Waals surface area contributed by atoms with E-state index in [4.69, 9.17) is 9.47 Å². The molecule has 6 heteroatoms. The van der Waals surface area contributed by atoms with Gasteiger partial charge < -0.3 is 20.1 Å². The third kappa shape index (κ3) is 6.09. The summed E-state index contributed by atoms with van der Waals surface area (Å²) in [5.41, 5.74) is 1.23. The highest BCUT2D eigenvalue weighted by molar-refractivity contribution is 5.85. The highest BCUT2D eigenvalue weighted by atomic mass is 35.5. The summed E-state index contributed by atoms with van der Waals surface area (Å²) < 4.78 is 11.1. The van der Waals surface area contributed by atoms with Gasteiger partial charge in [-0.2, -0.15) is 0 Å². The number of ether oxygens (including phenoxy) is 2. The number of rotatable bonds is 8. The molecule has 0 aliphatic carbocycles. The number of carbonyl (C=O) groups is 1. The van der Waals surface area contributed by atoms with Crippen LogP contribution in [0.1, 0.15) is 44.6 Å². The number of carbonyl (C=O) groups excluding carboxylic acids is 1. The molecule has 5 nitrogen and oxygen atoms in total. The van der Waals surface area contributed by atoms with E-state index in [0.717, 1.165) is 51.3 Å². The fourth-order valence-electron chi connectivity index (χ4n) is 4.05. The van der Waals surface area contributed by atoms with Crippen molar-refractivity contribution in [3.63, 3.8) is 0 Å². The largest absolute Gasteiger partial charge is 0.494 e. The lowest BCUT2D eigenvalue weighted by molar-refractivity contribution is -0.121. The predicted octanol–water partition coefficient (Wildman–Crippen LogP) is 3.06. The van der Waals surface area contributed by atoms with E-state index in [9.17, 15) is 4.79 Å². The summed E-state index contributed by atoms with van der Waals surface area (Å²) in [5, 5.41) is 6.57. The van der Waals surface area contributed by atoms with Gasteiger partial charge in [-0.15, -0.1) is 12.4 Å². The zero-order valence-corrected chi connectivity index (χ0v) is 17.1. The summed E-state index contributed by atoms with van der Waals surface area (Å²) in [6, 6.07) is 8.36. The van der Waals surface area contributed by atoms with Crippen LogP contribution < -0.4 is 15.4 Å². The molecule has 2 N–H and O–H groups in total. The van der Waals surface area contributed by atoms with Crippen LogP contribution in [0.5, 0.6) is 5.75 Å². The number of hydrogen-bond donors (Lipinski definition) is 2. The predicted molar refractivity (Wildman–Crippen MR) is 110 cm³/mol. The lowest BCUT2D eigenvalue weighted by atomic mass is 9.74. The number of amides is 1. The third-order valence-corrected chi connectivity index (χ3v) is 5.79. The Morgan fingerprint density at radius 2 is 2.04 bits per heavy atom. The highest BCUT2D eigenvalue weighted by Crippen LogP contribution is 2.35. The standard InChI is InChI=1S/C21H32N2O3.ClH/c1-2-26-19-6-4-18(5-7-19)21(10-13-25-14-11-21)16-23-20(24)8-3-17-9-12-22-15-17;/h4-7,17,22H,2-3,8-16H2,1H3,(H,23,24);1H. The van der Waals surface area contributed by atoms with Gasteiger partial charge in [-0.3, -0.25) is 4.79 Å². The minimum atomic E-state index is -0.0342. The molecule has 0 spiro atoms. The maximum Gasteiger partial charge on any atom is 0.220 e. The zero-order chi connectivity index (χ0) is 18.2. The normalized spacial score (nSPS) is 21.3.